The zero-order valence-corrected chi connectivity index (χ0v) is 32.3. The van der Waals surface area contributed by atoms with E-state index in [1.807, 2.05) is 91.0 Å². The number of carbonyl (C=O) groups excluding carboxylic acids is 1. The Kier molecular flexibility index (Phi) is 10.4. The molecule has 0 amide bonds. The highest BCUT2D eigenvalue weighted by Crippen LogP contribution is 2.57. The number of unbranched alkanes of at least 4 members (excludes halogenated alkanes) is 2. The van der Waals surface area contributed by atoms with Gasteiger partial charge in [0.25, 0.3) is 0 Å². The number of carbonyl (C=O) groups is 1. The average molecular weight is 763 g/mol. The molecule has 6 aromatic rings. The highest BCUT2D eigenvalue weighted by atomic mass is 31.2. The van der Waals surface area contributed by atoms with Crippen LogP contribution in [0.15, 0.2) is 97.1 Å². The van der Waals surface area contributed by atoms with Crippen LogP contribution in [0.2, 0.25) is 0 Å². The maximum absolute atomic E-state index is 13.6. The van der Waals surface area contributed by atoms with Crippen LogP contribution in [-0.4, -0.2) is 20.2 Å². The van der Waals surface area contributed by atoms with Gasteiger partial charge in [0.1, 0.15) is 45.8 Å². The second-order valence-electron chi connectivity index (χ2n) is 13.1. The monoisotopic (exact) mass is 762 g/mol. The van der Waals surface area contributed by atoms with E-state index >= 15 is 0 Å². The fourth-order valence-electron chi connectivity index (χ4n) is 6.86. The third-order valence-electron chi connectivity index (χ3n) is 9.57. The number of hydrogen-bond acceptors (Lipinski definition) is 9. The van der Waals surface area contributed by atoms with E-state index in [2.05, 4.69) is 13.8 Å². The molecule has 0 bridgehead atoms. The Morgan fingerprint density at radius 3 is 1.69 bits per heavy atom. The summed E-state index contributed by atoms with van der Waals surface area (Å²) >= 11 is 0. The normalized spacial score (nSPS) is 14.7. The summed E-state index contributed by atoms with van der Waals surface area (Å²) < 4.78 is 50.4. The van der Waals surface area contributed by atoms with Gasteiger partial charge in [-0.25, -0.2) is 4.79 Å². The Labute approximate surface area is 317 Å². The van der Waals surface area contributed by atoms with Gasteiger partial charge in [0.2, 0.25) is 0 Å². The standard InChI is InChI=1S/C43H40O9P2/c1-5-7-13-29-23-31(45-3)25-34(41(29)50-53-47-36-19-11-16-28-17-12-20-37(48-53)39(28)36)35-26-32(46-4)24-30(14-8-6-2)42(35)51-54-49-38-22-21-27-15-9-10-18-33(27)40(38)43(44)52-54/h9-12,15-26H,5-8,13-14H2,1-4H3. The smallest absolute Gasteiger partial charge is 0.497 e. The van der Waals surface area contributed by atoms with E-state index in [0.717, 1.165) is 58.4 Å². The van der Waals surface area contributed by atoms with Gasteiger partial charge >= 0.3 is 23.2 Å². The topological polar surface area (TPSA) is 90.9 Å². The van der Waals surface area contributed by atoms with Crippen LogP contribution in [0.5, 0.6) is 40.2 Å². The van der Waals surface area contributed by atoms with Crippen molar-refractivity contribution in [1.29, 1.82) is 0 Å². The average Bonchev–Trinajstić information content (AvgIpc) is 3.19. The van der Waals surface area contributed by atoms with Crippen LogP contribution >= 0.6 is 17.2 Å². The van der Waals surface area contributed by atoms with Gasteiger partial charge in [-0.2, -0.15) is 0 Å². The molecule has 0 aliphatic carbocycles. The molecule has 2 aliphatic heterocycles. The third-order valence-corrected chi connectivity index (χ3v) is 11.6. The summed E-state index contributed by atoms with van der Waals surface area (Å²) in [6.07, 6.45) is 5.12. The first-order chi connectivity index (χ1) is 26.5. The third kappa shape index (κ3) is 6.95. The Balaban J connectivity index is 1.25. The lowest BCUT2D eigenvalue weighted by Gasteiger charge is -2.28. The minimum absolute atomic E-state index is 0.382. The quantitative estimate of drug-likeness (QED) is 0.107. The molecule has 276 valence electrons. The first-order valence-corrected chi connectivity index (χ1v) is 20.3. The summed E-state index contributed by atoms with van der Waals surface area (Å²) in [5, 5.41) is 3.61. The molecule has 0 fully saturated rings. The van der Waals surface area contributed by atoms with Gasteiger partial charge in [0.05, 0.1) is 19.6 Å². The SMILES string of the molecule is CCCCc1cc(OC)cc(-c2cc(OC)cc(CCCC)c2OP2Oc3cccc4cccc(c34)O2)c1OP1OC(=O)c2c(ccc3ccccc23)O1. The van der Waals surface area contributed by atoms with Gasteiger partial charge in [-0.1, -0.05) is 81.3 Å². The molecule has 6 aromatic carbocycles. The molecule has 2 aliphatic rings. The minimum Gasteiger partial charge on any atom is -0.497 e. The van der Waals surface area contributed by atoms with Crippen molar-refractivity contribution >= 4 is 44.7 Å². The van der Waals surface area contributed by atoms with Gasteiger partial charge in [-0.05, 0) is 95.4 Å². The predicted molar refractivity (Wildman–Crippen MR) is 212 cm³/mol. The van der Waals surface area contributed by atoms with Crippen molar-refractivity contribution in [3.05, 3.63) is 114 Å². The molecule has 0 N–H and O–H groups in total. The Morgan fingerprint density at radius 2 is 1.11 bits per heavy atom. The molecule has 0 saturated carbocycles. The molecule has 11 heteroatoms. The van der Waals surface area contributed by atoms with E-state index in [0.29, 0.717) is 69.8 Å². The van der Waals surface area contributed by atoms with Crippen LogP contribution < -0.4 is 32.1 Å². The van der Waals surface area contributed by atoms with E-state index in [9.17, 15) is 4.79 Å². The van der Waals surface area contributed by atoms with Crippen molar-refractivity contribution < 1.29 is 41.4 Å². The lowest BCUT2D eigenvalue weighted by Crippen LogP contribution is -2.15. The molecule has 8 rings (SSSR count). The number of hydrogen-bond donors (Lipinski definition) is 0. The predicted octanol–water partition coefficient (Wildman–Crippen LogP) is 12.3. The Morgan fingerprint density at radius 1 is 0.574 bits per heavy atom. The first kappa shape index (κ1) is 35.8. The molecule has 9 nitrogen and oxygen atoms in total. The van der Waals surface area contributed by atoms with Gasteiger partial charge < -0.3 is 36.6 Å². The second-order valence-corrected chi connectivity index (χ2v) is 15.1. The summed E-state index contributed by atoms with van der Waals surface area (Å²) in [5.74, 6) is 3.67. The van der Waals surface area contributed by atoms with E-state index < -0.39 is 23.2 Å². The largest absolute Gasteiger partial charge is 0.532 e. The summed E-state index contributed by atoms with van der Waals surface area (Å²) in [5.41, 5.74) is 3.52. The number of aryl methyl sites for hydroxylation is 2. The molecular weight excluding hydrogens is 722 g/mol. The van der Waals surface area contributed by atoms with Gasteiger partial charge in [-0.3, -0.25) is 0 Å². The van der Waals surface area contributed by atoms with Gasteiger partial charge in [0.15, 0.2) is 0 Å². The molecule has 0 aromatic heterocycles. The highest BCUT2D eigenvalue weighted by molar-refractivity contribution is 7.43. The van der Waals surface area contributed by atoms with Crippen molar-refractivity contribution in [1.82, 2.24) is 0 Å². The Bertz CT molecular complexity index is 2320. The van der Waals surface area contributed by atoms with Crippen molar-refractivity contribution in [3.8, 4) is 51.4 Å². The molecule has 1 atom stereocenters. The summed E-state index contributed by atoms with van der Waals surface area (Å²) in [4.78, 5) is 13.6. The fourth-order valence-corrected chi connectivity index (χ4v) is 8.97. The van der Waals surface area contributed by atoms with E-state index in [4.69, 9.17) is 36.6 Å². The van der Waals surface area contributed by atoms with Crippen molar-refractivity contribution in [3.63, 3.8) is 0 Å². The van der Waals surface area contributed by atoms with Crippen LogP contribution in [0.1, 0.15) is 61.0 Å². The van der Waals surface area contributed by atoms with Crippen LogP contribution in [-0.2, 0) is 17.4 Å². The van der Waals surface area contributed by atoms with Gasteiger partial charge in [-0.15, -0.1) is 0 Å². The molecule has 0 saturated heterocycles. The number of methoxy groups -OCH3 is 2. The summed E-state index contributed by atoms with van der Waals surface area (Å²) in [6, 6.07) is 31.0. The number of fused-ring (bicyclic) bond motifs is 3. The first-order valence-electron chi connectivity index (χ1n) is 18.2. The van der Waals surface area contributed by atoms with E-state index in [1.54, 1.807) is 20.3 Å². The van der Waals surface area contributed by atoms with Crippen LogP contribution in [0.3, 0.4) is 0 Å². The van der Waals surface area contributed by atoms with Crippen LogP contribution in [0.25, 0.3) is 32.7 Å². The highest BCUT2D eigenvalue weighted by Gasteiger charge is 2.36. The van der Waals surface area contributed by atoms with Crippen molar-refractivity contribution in [2.24, 2.45) is 0 Å². The van der Waals surface area contributed by atoms with Crippen LogP contribution in [0.4, 0.5) is 0 Å². The number of ether oxygens (including phenoxy) is 2. The molecule has 0 radical (unpaired) electrons. The zero-order chi connectivity index (χ0) is 37.2. The maximum atomic E-state index is 13.6. The second kappa shape index (κ2) is 15.6. The molecule has 1 unspecified atom stereocenters. The molecule has 54 heavy (non-hydrogen) atoms. The number of benzene rings is 6. The summed E-state index contributed by atoms with van der Waals surface area (Å²) in [6.45, 7) is 4.29. The van der Waals surface area contributed by atoms with Gasteiger partial charge in [0, 0.05) is 11.1 Å². The van der Waals surface area contributed by atoms with Crippen molar-refractivity contribution in [2.75, 3.05) is 14.2 Å². The molecule has 0 spiro atoms. The molecule has 2 heterocycles. The lowest BCUT2D eigenvalue weighted by atomic mass is 9.94. The zero-order valence-electron chi connectivity index (χ0n) is 30.5. The van der Waals surface area contributed by atoms with E-state index in [1.165, 1.54) is 0 Å². The molecular formula is C43H40O9P2. The van der Waals surface area contributed by atoms with Crippen LogP contribution in [0, 0.1) is 0 Å². The minimum atomic E-state index is -2.19. The lowest BCUT2D eigenvalue weighted by molar-refractivity contribution is 0.0700. The Hall–Kier alpha value is -5.23. The van der Waals surface area contributed by atoms with Crippen molar-refractivity contribution in [2.45, 2.75) is 52.4 Å². The van der Waals surface area contributed by atoms with E-state index in [-0.39, 0.29) is 0 Å². The maximum Gasteiger partial charge on any atom is 0.532 e. The summed E-state index contributed by atoms with van der Waals surface area (Å²) in [7, 11) is -0.824. The fraction of sp³-hybridized carbons (Fsp3) is 0.233. The number of rotatable bonds is 13.